The lowest BCUT2D eigenvalue weighted by Gasteiger charge is -2.28. The van der Waals surface area contributed by atoms with Gasteiger partial charge in [0.2, 0.25) is 5.91 Å². The van der Waals surface area contributed by atoms with E-state index in [0.717, 1.165) is 44.2 Å². The van der Waals surface area contributed by atoms with Gasteiger partial charge in [0.15, 0.2) is 0 Å². The van der Waals surface area contributed by atoms with Crippen LogP contribution in [-0.2, 0) is 15.0 Å². The Balaban J connectivity index is 1.66. The summed E-state index contributed by atoms with van der Waals surface area (Å²) in [6.45, 7) is 1.49. The first-order valence-electron chi connectivity index (χ1n) is 8.90. The quantitative estimate of drug-likeness (QED) is 0.872. The smallest absolute Gasteiger partial charge is 0.317 e. The van der Waals surface area contributed by atoms with Crippen LogP contribution in [0, 0.1) is 0 Å². The summed E-state index contributed by atoms with van der Waals surface area (Å²) < 4.78 is 0. The molecule has 0 radical (unpaired) electrons. The molecule has 6 heteroatoms. The van der Waals surface area contributed by atoms with E-state index in [-0.39, 0.29) is 18.5 Å². The maximum Gasteiger partial charge on any atom is 0.317 e. The zero-order valence-corrected chi connectivity index (χ0v) is 15.3. The van der Waals surface area contributed by atoms with Gasteiger partial charge in [0, 0.05) is 24.2 Å². The van der Waals surface area contributed by atoms with Gasteiger partial charge in [0.05, 0.1) is 12.0 Å². The lowest BCUT2D eigenvalue weighted by atomic mass is 9.94. The van der Waals surface area contributed by atoms with E-state index < -0.39 is 11.4 Å². The Hall–Kier alpha value is -1.59. The van der Waals surface area contributed by atoms with Crippen LogP contribution in [0.4, 0.5) is 0 Å². The average molecular weight is 365 g/mol. The maximum absolute atomic E-state index is 13.2. The summed E-state index contributed by atoms with van der Waals surface area (Å²) >= 11 is 6.11. The van der Waals surface area contributed by atoms with Gasteiger partial charge in [0.25, 0.3) is 0 Å². The topological polar surface area (TPSA) is 60.9 Å². The van der Waals surface area contributed by atoms with Crippen LogP contribution < -0.4 is 0 Å². The van der Waals surface area contributed by atoms with Crippen molar-refractivity contribution in [1.29, 1.82) is 0 Å². The minimum Gasteiger partial charge on any atom is -0.480 e. The fraction of sp³-hybridized carbons (Fsp3) is 0.579. The number of carboxylic acids is 1. The van der Waals surface area contributed by atoms with Crippen molar-refractivity contribution >= 4 is 23.5 Å². The number of amides is 1. The summed E-state index contributed by atoms with van der Waals surface area (Å²) in [6.07, 6.45) is 4.42. The molecular formula is C19H25ClN2O3. The van der Waals surface area contributed by atoms with Crippen molar-refractivity contribution in [3.63, 3.8) is 0 Å². The first kappa shape index (κ1) is 18.2. The third-order valence-corrected chi connectivity index (χ3v) is 5.76. The number of carboxylic acid groups (broad SMARTS) is 1. The number of benzene rings is 1. The lowest BCUT2D eigenvalue weighted by molar-refractivity contribution is -0.138. The number of likely N-dealkylation sites (tertiary alicyclic amines) is 1. The molecule has 3 rings (SSSR count). The zero-order chi connectivity index (χ0) is 18.0. The maximum atomic E-state index is 13.2. The molecule has 1 unspecified atom stereocenters. The van der Waals surface area contributed by atoms with Gasteiger partial charge in [-0.05, 0) is 56.8 Å². The van der Waals surface area contributed by atoms with Crippen molar-refractivity contribution in [2.75, 3.05) is 26.7 Å². The highest BCUT2D eigenvalue weighted by atomic mass is 35.5. The van der Waals surface area contributed by atoms with Gasteiger partial charge in [-0.1, -0.05) is 23.7 Å². The summed E-state index contributed by atoms with van der Waals surface area (Å²) in [7, 11) is 1.85. The molecule has 1 aromatic carbocycles. The molecule has 0 aromatic heterocycles. The number of aliphatic carboxylic acids is 1. The molecule has 1 aromatic rings. The molecule has 1 saturated heterocycles. The first-order valence-corrected chi connectivity index (χ1v) is 9.28. The minimum atomic E-state index is -0.808. The number of hydrogen-bond donors (Lipinski definition) is 1. The molecule has 2 fully saturated rings. The number of carbonyl (C=O) groups excluding carboxylic acids is 1. The van der Waals surface area contributed by atoms with Gasteiger partial charge < -0.3 is 10.0 Å². The van der Waals surface area contributed by atoms with Crippen molar-refractivity contribution in [3.8, 4) is 0 Å². The van der Waals surface area contributed by atoms with Gasteiger partial charge in [-0.3, -0.25) is 14.5 Å². The summed E-state index contributed by atoms with van der Waals surface area (Å²) in [5, 5.41) is 9.64. The lowest BCUT2D eigenvalue weighted by Crippen LogP contribution is -2.41. The summed E-state index contributed by atoms with van der Waals surface area (Å²) in [4.78, 5) is 28.0. The second-order valence-electron chi connectivity index (χ2n) is 7.28. The highest BCUT2D eigenvalue weighted by Gasteiger charge is 2.53. The molecule has 1 aliphatic heterocycles. The molecule has 25 heavy (non-hydrogen) atoms. The standard InChI is InChI=1S/C19H25ClN2O3/c1-21(13-17(23)24)16-6-3-10-22(11-7-16)18(25)19(8-9-19)14-4-2-5-15(20)12-14/h2,4-5,12,16H,3,6-11,13H2,1H3,(H,23,24). The van der Waals surface area contributed by atoms with Crippen molar-refractivity contribution in [2.45, 2.75) is 43.6 Å². The number of likely N-dealkylation sites (N-methyl/N-ethyl adjacent to an activating group) is 1. The number of hydrogen-bond acceptors (Lipinski definition) is 3. The molecule has 0 spiro atoms. The van der Waals surface area contributed by atoms with Gasteiger partial charge in [-0.25, -0.2) is 0 Å². The van der Waals surface area contributed by atoms with Crippen molar-refractivity contribution in [1.82, 2.24) is 9.80 Å². The number of carbonyl (C=O) groups is 2. The van der Waals surface area contributed by atoms with E-state index in [4.69, 9.17) is 16.7 Å². The van der Waals surface area contributed by atoms with Gasteiger partial charge in [0.1, 0.15) is 0 Å². The van der Waals surface area contributed by atoms with Crippen molar-refractivity contribution < 1.29 is 14.7 Å². The Bertz CT molecular complexity index is 660. The SMILES string of the molecule is CN(CC(=O)O)C1CCCN(C(=O)C2(c3cccc(Cl)c3)CC2)CC1. The molecule has 1 heterocycles. The van der Waals surface area contributed by atoms with Crippen LogP contribution in [0.15, 0.2) is 24.3 Å². The Morgan fingerprint density at radius 2 is 2.08 bits per heavy atom. The molecule has 1 amide bonds. The van der Waals surface area contributed by atoms with Gasteiger partial charge >= 0.3 is 5.97 Å². The van der Waals surface area contributed by atoms with E-state index >= 15 is 0 Å². The van der Waals surface area contributed by atoms with Crippen molar-refractivity contribution in [2.24, 2.45) is 0 Å². The predicted molar refractivity (Wildman–Crippen MR) is 96.8 cm³/mol. The predicted octanol–water partition coefficient (Wildman–Crippen LogP) is 2.77. The Kier molecular flexibility index (Phi) is 5.35. The first-order chi connectivity index (χ1) is 11.9. The molecule has 1 atom stereocenters. The van der Waals surface area contributed by atoms with Crippen LogP contribution in [0.1, 0.15) is 37.7 Å². The van der Waals surface area contributed by atoms with Crippen molar-refractivity contribution in [3.05, 3.63) is 34.9 Å². The fourth-order valence-corrected chi connectivity index (χ4v) is 4.10. The monoisotopic (exact) mass is 364 g/mol. The zero-order valence-electron chi connectivity index (χ0n) is 14.6. The summed E-state index contributed by atoms with van der Waals surface area (Å²) in [5.74, 6) is -0.603. The Morgan fingerprint density at radius 1 is 1.32 bits per heavy atom. The molecule has 136 valence electrons. The Morgan fingerprint density at radius 3 is 2.72 bits per heavy atom. The minimum absolute atomic E-state index is 0.0467. The highest BCUT2D eigenvalue weighted by Crippen LogP contribution is 2.50. The van der Waals surface area contributed by atoms with E-state index in [1.165, 1.54) is 0 Å². The summed E-state index contributed by atoms with van der Waals surface area (Å²) in [6, 6.07) is 7.87. The van der Waals surface area contributed by atoms with Crippen LogP contribution in [-0.4, -0.2) is 59.5 Å². The molecule has 1 saturated carbocycles. The van der Waals surface area contributed by atoms with E-state index in [9.17, 15) is 9.59 Å². The van der Waals surface area contributed by atoms with E-state index in [2.05, 4.69) is 0 Å². The van der Waals surface area contributed by atoms with Crippen LogP contribution in [0.5, 0.6) is 0 Å². The largest absolute Gasteiger partial charge is 0.480 e. The molecule has 5 nitrogen and oxygen atoms in total. The number of rotatable bonds is 5. The average Bonchev–Trinajstić information content (AvgIpc) is 3.38. The molecular weight excluding hydrogens is 340 g/mol. The molecule has 1 N–H and O–H groups in total. The van der Waals surface area contributed by atoms with E-state index in [0.29, 0.717) is 11.6 Å². The molecule has 0 bridgehead atoms. The third-order valence-electron chi connectivity index (χ3n) is 5.53. The van der Waals surface area contributed by atoms with Gasteiger partial charge in [-0.2, -0.15) is 0 Å². The number of halogens is 1. The highest BCUT2D eigenvalue weighted by molar-refractivity contribution is 6.30. The summed E-state index contributed by atoms with van der Waals surface area (Å²) in [5.41, 5.74) is 0.631. The normalized spacial score (nSPS) is 22.5. The second kappa shape index (κ2) is 7.34. The van der Waals surface area contributed by atoms with Crippen LogP contribution in [0.2, 0.25) is 5.02 Å². The van der Waals surface area contributed by atoms with E-state index in [1.54, 1.807) is 0 Å². The molecule has 1 aliphatic carbocycles. The van der Waals surface area contributed by atoms with E-state index in [1.807, 2.05) is 41.1 Å². The molecule has 2 aliphatic rings. The van der Waals surface area contributed by atoms with Crippen LogP contribution in [0.25, 0.3) is 0 Å². The Labute approximate surface area is 153 Å². The third kappa shape index (κ3) is 3.98. The van der Waals surface area contributed by atoms with Gasteiger partial charge in [-0.15, -0.1) is 0 Å². The second-order valence-corrected chi connectivity index (χ2v) is 7.71. The number of nitrogens with zero attached hydrogens (tertiary/aromatic N) is 2. The fourth-order valence-electron chi connectivity index (χ4n) is 3.90. The van der Waals surface area contributed by atoms with Crippen LogP contribution >= 0.6 is 11.6 Å². The van der Waals surface area contributed by atoms with Crippen LogP contribution in [0.3, 0.4) is 0 Å².